The number of hydrogen-bond donors (Lipinski definition) is 2. The summed E-state index contributed by atoms with van der Waals surface area (Å²) in [7, 11) is -3.38. The molecular formula is C21H24ClN3O4S. The van der Waals surface area contributed by atoms with Crippen LogP contribution in [-0.4, -0.2) is 39.1 Å². The third kappa shape index (κ3) is 4.60. The summed E-state index contributed by atoms with van der Waals surface area (Å²) in [5, 5.41) is 5.77. The summed E-state index contributed by atoms with van der Waals surface area (Å²) in [6.45, 7) is 4.35. The molecule has 2 aromatic carbocycles. The molecule has 1 aliphatic rings. The highest BCUT2D eigenvalue weighted by atomic mass is 35.5. The molecule has 9 heteroatoms. The van der Waals surface area contributed by atoms with Crippen molar-refractivity contribution in [2.75, 3.05) is 22.4 Å². The molecule has 3 rings (SSSR count). The van der Waals surface area contributed by atoms with Gasteiger partial charge in [-0.1, -0.05) is 18.5 Å². The van der Waals surface area contributed by atoms with Gasteiger partial charge in [0.1, 0.15) is 0 Å². The van der Waals surface area contributed by atoms with Crippen molar-refractivity contribution in [3.63, 3.8) is 0 Å². The predicted octanol–water partition coefficient (Wildman–Crippen LogP) is 3.44. The van der Waals surface area contributed by atoms with Gasteiger partial charge in [0.15, 0.2) is 0 Å². The Hall–Kier alpha value is -2.58. The number of fused-ring (bicyclic) bond motifs is 1. The number of halogens is 1. The molecule has 0 bridgehead atoms. The van der Waals surface area contributed by atoms with Gasteiger partial charge < -0.3 is 10.6 Å². The topological polar surface area (TPSA) is 95.6 Å². The van der Waals surface area contributed by atoms with E-state index in [1.165, 1.54) is 16.6 Å². The van der Waals surface area contributed by atoms with Gasteiger partial charge >= 0.3 is 0 Å². The summed E-state index contributed by atoms with van der Waals surface area (Å²) in [5.74, 6) is -0.606. The van der Waals surface area contributed by atoms with E-state index < -0.39 is 10.0 Å². The monoisotopic (exact) mass is 449 g/mol. The lowest BCUT2D eigenvalue weighted by Crippen LogP contribution is -2.34. The Morgan fingerprint density at radius 3 is 2.53 bits per heavy atom. The maximum absolute atomic E-state index is 12.7. The van der Waals surface area contributed by atoms with Crippen molar-refractivity contribution >= 4 is 44.8 Å². The molecule has 1 unspecified atom stereocenters. The molecule has 0 spiro atoms. The SMILES string of the molecule is CCCNC(=O)c1ccc(NC(=O)c2ccc3c(c2)CC(C)N3S(C)(=O)=O)cc1Cl. The number of nitrogens with zero attached hydrogens (tertiary/aromatic N) is 1. The lowest BCUT2D eigenvalue weighted by atomic mass is 10.1. The highest BCUT2D eigenvalue weighted by Crippen LogP contribution is 2.35. The van der Waals surface area contributed by atoms with Crippen LogP contribution in [0.15, 0.2) is 36.4 Å². The Labute approximate surface area is 181 Å². The van der Waals surface area contributed by atoms with Crippen LogP contribution in [0.5, 0.6) is 0 Å². The standard InChI is InChI=1S/C21H24ClN3O4S/c1-4-9-23-21(27)17-7-6-16(12-18(17)22)24-20(26)14-5-8-19-15(11-14)10-13(2)25(19)30(3,28)29/h5-8,11-13H,4,9-10H2,1-3H3,(H,23,27)(H,24,26). The number of nitrogens with one attached hydrogen (secondary N) is 2. The number of sulfonamides is 1. The molecule has 7 nitrogen and oxygen atoms in total. The second-order valence-corrected chi connectivity index (χ2v) is 9.63. The number of benzene rings is 2. The van der Waals surface area contributed by atoms with E-state index in [1.807, 2.05) is 13.8 Å². The quantitative estimate of drug-likeness (QED) is 0.706. The molecule has 0 saturated carbocycles. The minimum absolute atomic E-state index is 0.196. The van der Waals surface area contributed by atoms with Gasteiger partial charge in [-0.3, -0.25) is 13.9 Å². The molecule has 2 N–H and O–H groups in total. The van der Waals surface area contributed by atoms with E-state index in [4.69, 9.17) is 11.6 Å². The van der Waals surface area contributed by atoms with Crippen LogP contribution >= 0.6 is 11.6 Å². The first kappa shape index (κ1) is 22.1. The lowest BCUT2D eigenvalue weighted by Gasteiger charge is -2.21. The average Bonchev–Trinajstić information content (AvgIpc) is 3.01. The lowest BCUT2D eigenvalue weighted by molar-refractivity contribution is 0.0953. The van der Waals surface area contributed by atoms with Gasteiger partial charge in [-0.15, -0.1) is 0 Å². The van der Waals surface area contributed by atoms with E-state index in [9.17, 15) is 18.0 Å². The summed E-state index contributed by atoms with van der Waals surface area (Å²) in [5.41, 5.74) is 2.63. The number of anilines is 2. The van der Waals surface area contributed by atoms with Gasteiger partial charge in [0.2, 0.25) is 10.0 Å². The molecule has 30 heavy (non-hydrogen) atoms. The van der Waals surface area contributed by atoms with Crippen LogP contribution in [0, 0.1) is 0 Å². The van der Waals surface area contributed by atoms with Gasteiger partial charge in [-0.25, -0.2) is 8.42 Å². The second kappa shape index (κ2) is 8.65. The summed E-state index contributed by atoms with van der Waals surface area (Å²) in [6.07, 6.45) is 2.53. The van der Waals surface area contributed by atoms with E-state index in [1.54, 1.807) is 30.3 Å². The molecule has 0 saturated heterocycles. The smallest absolute Gasteiger partial charge is 0.255 e. The van der Waals surface area contributed by atoms with E-state index in [0.29, 0.717) is 35.5 Å². The Kier molecular flexibility index (Phi) is 6.38. The Morgan fingerprint density at radius 2 is 1.90 bits per heavy atom. The summed E-state index contributed by atoms with van der Waals surface area (Å²) in [4.78, 5) is 24.8. The molecule has 2 aromatic rings. The Morgan fingerprint density at radius 1 is 1.17 bits per heavy atom. The van der Waals surface area contributed by atoms with Gasteiger partial charge in [-0.2, -0.15) is 0 Å². The first-order chi connectivity index (χ1) is 14.1. The molecule has 1 atom stereocenters. The van der Waals surface area contributed by atoms with E-state index in [-0.39, 0.29) is 22.9 Å². The van der Waals surface area contributed by atoms with Crippen LogP contribution < -0.4 is 14.9 Å². The summed E-state index contributed by atoms with van der Waals surface area (Å²) in [6, 6.07) is 9.48. The van der Waals surface area contributed by atoms with Gasteiger partial charge in [-0.05, 0) is 61.7 Å². The molecule has 1 aliphatic heterocycles. The number of hydrogen-bond acceptors (Lipinski definition) is 4. The highest BCUT2D eigenvalue weighted by molar-refractivity contribution is 7.92. The largest absolute Gasteiger partial charge is 0.352 e. The van der Waals surface area contributed by atoms with Crippen molar-refractivity contribution in [2.24, 2.45) is 0 Å². The van der Waals surface area contributed by atoms with Crippen LogP contribution in [0.3, 0.4) is 0 Å². The van der Waals surface area contributed by atoms with Crippen molar-refractivity contribution in [2.45, 2.75) is 32.7 Å². The van der Waals surface area contributed by atoms with Crippen molar-refractivity contribution in [1.29, 1.82) is 0 Å². The average molecular weight is 450 g/mol. The third-order valence-corrected chi connectivity index (χ3v) is 6.44. The first-order valence-electron chi connectivity index (χ1n) is 9.63. The fourth-order valence-corrected chi connectivity index (χ4v) is 5.09. The number of amides is 2. The van der Waals surface area contributed by atoms with Crippen molar-refractivity contribution in [1.82, 2.24) is 5.32 Å². The number of rotatable bonds is 6. The van der Waals surface area contributed by atoms with Gasteiger partial charge in [0.25, 0.3) is 11.8 Å². The fraction of sp³-hybridized carbons (Fsp3) is 0.333. The molecule has 0 aromatic heterocycles. The zero-order valence-corrected chi connectivity index (χ0v) is 18.6. The summed E-state index contributed by atoms with van der Waals surface area (Å²) < 4.78 is 25.5. The molecule has 0 fully saturated rings. The van der Waals surface area contributed by atoms with Crippen LogP contribution in [0.1, 0.15) is 46.5 Å². The normalized spacial score (nSPS) is 15.6. The van der Waals surface area contributed by atoms with Crippen LogP contribution in [0.4, 0.5) is 11.4 Å². The predicted molar refractivity (Wildman–Crippen MR) is 119 cm³/mol. The maximum atomic E-state index is 12.7. The zero-order valence-electron chi connectivity index (χ0n) is 17.0. The highest BCUT2D eigenvalue weighted by Gasteiger charge is 2.32. The molecule has 2 amide bonds. The zero-order chi connectivity index (χ0) is 22.1. The van der Waals surface area contributed by atoms with Crippen molar-refractivity contribution < 1.29 is 18.0 Å². The van der Waals surface area contributed by atoms with Crippen LogP contribution in [0.25, 0.3) is 0 Å². The summed E-state index contributed by atoms with van der Waals surface area (Å²) >= 11 is 6.21. The third-order valence-electron chi connectivity index (χ3n) is 4.86. The Bertz CT molecular complexity index is 1100. The Balaban J connectivity index is 1.77. The molecule has 0 radical (unpaired) electrons. The van der Waals surface area contributed by atoms with Crippen LogP contribution in [0.2, 0.25) is 5.02 Å². The maximum Gasteiger partial charge on any atom is 0.255 e. The van der Waals surface area contributed by atoms with E-state index in [0.717, 1.165) is 12.0 Å². The minimum Gasteiger partial charge on any atom is -0.352 e. The minimum atomic E-state index is -3.38. The van der Waals surface area contributed by atoms with Gasteiger partial charge in [0.05, 0.1) is 22.5 Å². The van der Waals surface area contributed by atoms with E-state index in [2.05, 4.69) is 10.6 Å². The van der Waals surface area contributed by atoms with Gasteiger partial charge in [0, 0.05) is 23.8 Å². The molecule has 1 heterocycles. The fourth-order valence-electron chi connectivity index (χ4n) is 3.56. The first-order valence-corrected chi connectivity index (χ1v) is 11.9. The number of carbonyl (C=O) groups is 2. The van der Waals surface area contributed by atoms with Crippen LogP contribution in [-0.2, 0) is 16.4 Å². The van der Waals surface area contributed by atoms with E-state index >= 15 is 0 Å². The molecule has 160 valence electrons. The number of carbonyl (C=O) groups excluding carboxylic acids is 2. The molecule has 0 aliphatic carbocycles. The molecular weight excluding hydrogens is 426 g/mol. The van der Waals surface area contributed by atoms with Crippen molar-refractivity contribution in [3.05, 3.63) is 58.1 Å². The second-order valence-electron chi connectivity index (χ2n) is 7.36. The van der Waals surface area contributed by atoms with Crippen molar-refractivity contribution in [3.8, 4) is 0 Å².